The minimum atomic E-state index is 0.585. The molecule has 1 aromatic carbocycles. The summed E-state index contributed by atoms with van der Waals surface area (Å²) in [5.41, 5.74) is 8.42. The predicted octanol–water partition coefficient (Wildman–Crippen LogP) is 1.82. The molecule has 0 bridgehead atoms. The van der Waals surface area contributed by atoms with Crippen molar-refractivity contribution in [3.8, 4) is 11.3 Å². The van der Waals surface area contributed by atoms with E-state index in [-0.39, 0.29) is 0 Å². The Bertz CT molecular complexity index is 482. The largest absolute Gasteiger partial charge is 0.381 e. The first-order chi connectivity index (χ1) is 8.31. The van der Waals surface area contributed by atoms with Crippen LogP contribution in [0.25, 0.3) is 11.3 Å². The van der Waals surface area contributed by atoms with Crippen LogP contribution in [0.5, 0.6) is 0 Å². The smallest absolute Gasteiger partial charge is 0.126 e. The van der Waals surface area contributed by atoms with Crippen LogP contribution in [0, 0.1) is 6.92 Å². The molecule has 2 aromatic rings. The molecule has 0 saturated carbocycles. The van der Waals surface area contributed by atoms with Crippen LogP contribution < -0.4 is 11.1 Å². The highest BCUT2D eigenvalue weighted by atomic mass is 15.0. The number of nitrogens with two attached hydrogens (primary N) is 1. The summed E-state index contributed by atoms with van der Waals surface area (Å²) in [6.07, 6.45) is 1.81. The van der Waals surface area contributed by atoms with Gasteiger partial charge in [0.05, 0.1) is 17.6 Å². The van der Waals surface area contributed by atoms with Gasteiger partial charge in [-0.15, -0.1) is 0 Å². The SMILES string of the molecule is Cc1ncc(NCCN)c(-c2ccccc2)n1. The van der Waals surface area contributed by atoms with Crippen LogP contribution in [0.3, 0.4) is 0 Å². The zero-order chi connectivity index (χ0) is 12.1. The van der Waals surface area contributed by atoms with Gasteiger partial charge in [0.15, 0.2) is 0 Å². The van der Waals surface area contributed by atoms with E-state index in [1.807, 2.05) is 37.3 Å². The van der Waals surface area contributed by atoms with Crippen LogP contribution in [0.4, 0.5) is 5.69 Å². The van der Waals surface area contributed by atoms with E-state index in [0.29, 0.717) is 13.1 Å². The topological polar surface area (TPSA) is 63.8 Å². The van der Waals surface area contributed by atoms with Crippen molar-refractivity contribution >= 4 is 5.69 Å². The number of rotatable bonds is 4. The third-order valence-corrected chi connectivity index (χ3v) is 2.42. The highest BCUT2D eigenvalue weighted by molar-refractivity contribution is 5.73. The molecule has 0 aliphatic rings. The Morgan fingerprint density at radius 3 is 2.71 bits per heavy atom. The van der Waals surface area contributed by atoms with Crippen molar-refractivity contribution in [2.45, 2.75) is 6.92 Å². The maximum atomic E-state index is 5.49. The summed E-state index contributed by atoms with van der Waals surface area (Å²) in [5.74, 6) is 0.766. The molecule has 0 unspecified atom stereocenters. The molecule has 88 valence electrons. The van der Waals surface area contributed by atoms with Gasteiger partial charge in [-0.05, 0) is 6.92 Å². The lowest BCUT2D eigenvalue weighted by atomic mass is 10.1. The summed E-state index contributed by atoms with van der Waals surface area (Å²) in [5, 5.41) is 3.24. The van der Waals surface area contributed by atoms with Gasteiger partial charge in [-0.2, -0.15) is 0 Å². The minimum Gasteiger partial charge on any atom is -0.381 e. The lowest BCUT2D eigenvalue weighted by Gasteiger charge is -2.10. The van der Waals surface area contributed by atoms with Gasteiger partial charge in [-0.3, -0.25) is 0 Å². The summed E-state index contributed by atoms with van der Waals surface area (Å²) in [7, 11) is 0. The molecule has 0 radical (unpaired) electrons. The summed E-state index contributed by atoms with van der Waals surface area (Å²) >= 11 is 0. The van der Waals surface area contributed by atoms with Crippen molar-refractivity contribution < 1.29 is 0 Å². The van der Waals surface area contributed by atoms with E-state index >= 15 is 0 Å². The number of anilines is 1. The molecule has 4 nitrogen and oxygen atoms in total. The number of hydrogen-bond donors (Lipinski definition) is 2. The van der Waals surface area contributed by atoms with Gasteiger partial charge in [-0.1, -0.05) is 30.3 Å². The van der Waals surface area contributed by atoms with E-state index in [9.17, 15) is 0 Å². The van der Waals surface area contributed by atoms with Crippen molar-refractivity contribution in [1.82, 2.24) is 9.97 Å². The maximum Gasteiger partial charge on any atom is 0.126 e. The van der Waals surface area contributed by atoms with E-state index in [0.717, 1.165) is 22.8 Å². The average Bonchev–Trinajstić information content (AvgIpc) is 2.38. The molecule has 0 saturated heterocycles. The van der Waals surface area contributed by atoms with Crippen LogP contribution >= 0.6 is 0 Å². The summed E-state index contributed by atoms with van der Waals surface area (Å²) < 4.78 is 0. The van der Waals surface area contributed by atoms with Gasteiger partial charge in [0.1, 0.15) is 5.82 Å². The van der Waals surface area contributed by atoms with Gasteiger partial charge in [0.2, 0.25) is 0 Å². The van der Waals surface area contributed by atoms with Gasteiger partial charge in [0.25, 0.3) is 0 Å². The lowest BCUT2D eigenvalue weighted by molar-refractivity contribution is 1.00. The fourth-order valence-corrected chi connectivity index (χ4v) is 1.62. The van der Waals surface area contributed by atoms with Crippen molar-refractivity contribution in [3.63, 3.8) is 0 Å². The van der Waals surface area contributed by atoms with Crippen LogP contribution in [-0.4, -0.2) is 23.1 Å². The Morgan fingerprint density at radius 2 is 2.00 bits per heavy atom. The predicted molar refractivity (Wildman–Crippen MR) is 69.7 cm³/mol. The Labute approximate surface area is 101 Å². The number of nitrogens with one attached hydrogen (secondary N) is 1. The molecule has 0 amide bonds. The molecule has 4 heteroatoms. The molecule has 0 spiro atoms. The Morgan fingerprint density at radius 1 is 1.24 bits per heavy atom. The summed E-state index contributed by atoms with van der Waals surface area (Å²) in [6.45, 7) is 3.19. The quantitative estimate of drug-likeness (QED) is 0.838. The molecular weight excluding hydrogens is 212 g/mol. The Kier molecular flexibility index (Phi) is 3.67. The molecule has 0 atom stereocenters. The molecule has 17 heavy (non-hydrogen) atoms. The van der Waals surface area contributed by atoms with Crippen LogP contribution in [-0.2, 0) is 0 Å². The molecular formula is C13H16N4. The fraction of sp³-hybridized carbons (Fsp3) is 0.231. The number of aryl methyl sites for hydroxylation is 1. The van der Waals surface area contributed by atoms with Crippen molar-refractivity contribution in [2.75, 3.05) is 18.4 Å². The number of hydrogen-bond acceptors (Lipinski definition) is 4. The second-order valence-electron chi connectivity index (χ2n) is 3.76. The van der Waals surface area contributed by atoms with E-state index in [4.69, 9.17) is 5.73 Å². The molecule has 0 aliphatic carbocycles. The molecule has 1 aromatic heterocycles. The van der Waals surface area contributed by atoms with Gasteiger partial charge >= 0.3 is 0 Å². The zero-order valence-electron chi connectivity index (χ0n) is 9.85. The maximum absolute atomic E-state index is 5.49. The average molecular weight is 228 g/mol. The van der Waals surface area contributed by atoms with Gasteiger partial charge < -0.3 is 11.1 Å². The molecule has 3 N–H and O–H groups in total. The third kappa shape index (κ3) is 2.79. The first kappa shape index (κ1) is 11.5. The van der Waals surface area contributed by atoms with Gasteiger partial charge in [0, 0.05) is 18.7 Å². The first-order valence-corrected chi connectivity index (χ1v) is 5.64. The van der Waals surface area contributed by atoms with Crippen molar-refractivity contribution in [3.05, 3.63) is 42.4 Å². The second-order valence-corrected chi connectivity index (χ2v) is 3.76. The Hall–Kier alpha value is -1.94. The van der Waals surface area contributed by atoms with E-state index in [1.165, 1.54) is 0 Å². The highest BCUT2D eigenvalue weighted by Gasteiger charge is 2.07. The van der Waals surface area contributed by atoms with Crippen LogP contribution in [0.1, 0.15) is 5.82 Å². The van der Waals surface area contributed by atoms with Crippen LogP contribution in [0.2, 0.25) is 0 Å². The van der Waals surface area contributed by atoms with Crippen LogP contribution in [0.15, 0.2) is 36.5 Å². The Balaban J connectivity index is 2.40. The monoisotopic (exact) mass is 228 g/mol. The van der Waals surface area contributed by atoms with Gasteiger partial charge in [-0.25, -0.2) is 9.97 Å². The first-order valence-electron chi connectivity index (χ1n) is 5.64. The van der Waals surface area contributed by atoms with E-state index in [1.54, 1.807) is 6.20 Å². The van der Waals surface area contributed by atoms with Crippen molar-refractivity contribution in [1.29, 1.82) is 0 Å². The molecule has 0 aliphatic heterocycles. The number of benzene rings is 1. The molecule has 2 rings (SSSR count). The van der Waals surface area contributed by atoms with E-state index in [2.05, 4.69) is 15.3 Å². The standard InChI is InChI=1S/C13H16N4/c1-10-16-9-12(15-8-7-14)13(17-10)11-5-3-2-4-6-11/h2-6,9,15H,7-8,14H2,1H3. The second kappa shape index (κ2) is 5.41. The number of aromatic nitrogens is 2. The zero-order valence-corrected chi connectivity index (χ0v) is 9.85. The fourth-order valence-electron chi connectivity index (χ4n) is 1.62. The lowest BCUT2D eigenvalue weighted by Crippen LogP contribution is -2.14. The highest BCUT2D eigenvalue weighted by Crippen LogP contribution is 2.24. The normalized spacial score (nSPS) is 10.2. The van der Waals surface area contributed by atoms with Crippen molar-refractivity contribution in [2.24, 2.45) is 5.73 Å². The third-order valence-electron chi connectivity index (χ3n) is 2.42. The molecule has 0 fully saturated rings. The minimum absolute atomic E-state index is 0.585. The number of nitrogens with zero attached hydrogens (tertiary/aromatic N) is 2. The summed E-state index contributed by atoms with van der Waals surface area (Å²) in [4.78, 5) is 8.69. The van der Waals surface area contributed by atoms with E-state index < -0.39 is 0 Å². The molecule has 1 heterocycles. The summed E-state index contributed by atoms with van der Waals surface area (Å²) in [6, 6.07) is 10.1.